The van der Waals surface area contributed by atoms with Gasteiger partial charge in [-0.05, 0) is 24.3 Å². The minimum atomic E-state index is -0.717. The number of anilines is 1. The summed E-state index contributed by atoms with van der Waals surface area (Å²) in [6, 6.07) is 7.08. The fraction of sp³-hybridized carbons (Fsp3) is 0.273. The lowest BCUT2D eigenvalue weighted by Gasteiger charge is -2.34. The molecule has 0 N–H and O–H groups in total. The molecule has 1 aliphatic rings. The van der Waals surface area contributed by atoms with Crippen LogP contribution in [0.15, 0.2) is 47.1 Å². The van der Waals surface area contributed by atoms with Crippen molar-refractivity contribution in [2.75, 3.05) is 31.1 Å². The van der Waals surface area contributed by atoms with E-state index in [1.54, 1.807) is 17.5 Å². The van der Waals surface area contributed by atoms with Crippen molar-refractivity contribution in [1.29, 1.82) is 0 Å². The number of amides is 1. The van der Waals surface area contributed by atoms with Crippen molar-refractivity contribution in [3.8, 4) is 11.3 Å². The van der Waals surface area contributed by atoms with Crippen LogP contribution in [-0.4, -0.2) is 51.9 Å². The fourth-order valence-corrected chi connectivity index (χ4v) is 4.61. The first-order chi connectivity index (χ1) is 15.6. The second-order valence-corrected chi connectivity index (χ2v) is 8.39. The van der Waals surface area contributed by atoms with Gasteiger partial charge < -0.3 is 14.2 Å². The molecule has 1 amide bonds. The highest BCUT2D eigenvalue weighted by molar-refractivity contribution is 7.21. The molecule has 0 saturated carbocycles. The number of carbonyl (C=O) groups is 1. The number of pyridine rings is 1. The minimum Gasteiger partial charge on any atom is -0.441 e. The molecule has 4 heterocycles. The summed E-state index contributed by atoms with van der Waals surface area (Å²) in [5.41, 5.74) is 1.02. The Morgan fingerprint density at radius 2 is 1.97 bits per heavy atom. The molecule has 4 aromatic rings. The summed E-state index contributed by atoms with van der Waals surface area (Å²) >= 11 is 1.56. The first kappa shape index (κ1) is 20.5. The Morgan fingerprint density at radius 3 is 2.75 bits per heavy atom. The van der Waals surface area contributed by atoms with Gasteiger partial charge in [-0.1, -0.05) is 11.3 Å². The van der Waals surface area contributed by atoms with Gasteiger partial charge in [0.2, 0.25) is 5.91 Å². The zero-order valence-electron chi connectivity index (χ0n) is 17.0. The van der Waals surface area contributed by atoms with E-state index in [-0.39, 0.29) is 23.7 Å². The highest BCUT2D eigenvalue weighted by Crippen LogP contribution is 2.28. The number of oxazole rings is 1. The van der Waals surface area contributed by atoms with E-state index >= 15 is 0 Å². The maximum absolute atomic E-state index is 13.9. The molecule has 10 heteroatoms. The van der Waals surface area contributed by atoms with E-state index < -0.39 is 11.6 Å². The average Bonchev–Trinajstić information content (AvgIpc) is 3.45. The number of thiazole rings is 1. The molecular formula is C22H19F2N5O2S. The van der Waals surface area contributed by atoms with Crippen LogP contribution in [0.5, 0.6) is 0 Å². The molecule has 164 valence electrons. The van der Waals surface area contributed by atoms with Gasteiger partial charge in [-0.3, -0.25) is 4.79 Å². The largest absolute Gasteiger partial charge is 0.441 e. The number of aryl methyl sites for hydroxylation is 1. The number of hydrogen-bond donors (Lipinski definition) is 0. The van der Waals surface area contributed by atoms with Crippen molar-refractivity contribution < 1.29 is 18.0 Å². The minimum absolute atomic E-state index is 0.0170. The molecule has 32 heavy (non-hydrogen) atoms. The van der Waals surface area contributed by atoms with Crippen molar-refractivity contribution in [1.82, 2.24) is 19.9 Å². The predicted molar refractivity (Wildman–Crippen MR) is 116 cm³/mol. The van der Waals surface area contributed by atoms with Crippen LogP contribution in [0.1, 0.15) is 12.3 Å². The Labute approximate surface area is 186 Å². The zero-order chi connectivity index (χ0) is 22.1. The molecule has 1 fully saturated rings. The van der Waals surface area contributed by atoms with Gasteiger partial charge in [-0.25, -0.2) is 23.7 Å². The second kappa shape index (κ2) is 8.62. The van der Waals surface area contributed by atoms with Crippen LogP contribution in [0.3, 0.4) is 0 Å². The Bertz CT molecular complexity index is 1230. The summed E-state index contributed by atoms with van der Waals surface area (Å²) in [4.78, 5) is 30.6. The number of hydrogen-bond acceptors (Lipinski definition) is 7. The summed E-state index contributed by atoms with van der Waals surface area (Å²) in [5, 5.41) is 0.922. The monoisotopic (exact) mass is 455 g/mol. The molecule has 7 nitrogen and oxygen atoms in total. The van der Waals surface area contributed by atoms with Gasteiger partial charge in [0.1, 0.15) is 22.0 Å². The summed E-state index contributed by atoms with van der Waals surface area (Å²) in [5.74, 6) is -0.799. The fourth-order valence-electron chi connectivity index (χ4n) is 3.65. The number of fused-ring (bicyclic) bond motifs is 1. The SMILES string of the molecule is O=C(CCc1ncc(-c2ccc(F)cc2F)o1)N1CCN(c2nc3cccnc3s2)CC1. The van der Waals surface area contributed by atoms with Crippen molar-refractivity contribution in [3.63, 3.8) is 0 Å². The first-order valence-corrected chi connectivity index (χ1v) is 11.0. The molecule has 0 spiro atoms. The molecule has 1 saturated heterocycles. The third-order valence-electron chi connectivity index (χ3n) is 5.36. The van der Waals surface area contributed by atoms with Crippen molar-refractivity contribution in [3.05, 3.63) is 60.3 Å². The van der Waals surface area contributed by atoms with Gasteiger partial charge >= 0.3 is 0 Å². The van der Waals surface area contributed by atoms with Gasteiger partial charge in [0.05, 0.1) is 11.8 Å². The van der Waals surface area contributed by atoms with Crippen LogP contribution in [-0.2, 0) is 11.2 Å². The number of carbonyl (C=O) groups excluding carboxylic acids is 1. The maximum atomic E-state index is 13.9. The summed E-state index contributed by atoms with van der Waals surface area (Å²) < 4.78 is 32.6. The number of benzene rings is 1. The van der Waals surface area contributed by atoms with Crippen LogP contribution in [0.2, 0.25) is 0 Å². The highest BCUT2D eigenvalue weighted by Gasteiger charge is 2.23. The van der Waals surface area contributed by atoms with Crippen molar-refractivity contribution >= 4 is 32.7 Å². The lowest BCUT2D eigenvalue weighted by atomic mass is 10.2. The van der Waals surface area contributed by atoms with Crippen LogP contribution >= 0.6 is 11.3 Å². The van der Waals surface area contributed by atoms with Gasteiger partial charge in [0.15, 0.2) is 16.8 Å². The molecule has 0 aliphatic carbocycles. The molecular weight excluding hydrogens is 436 g/mol. The Balaban J connectivity index is 1.15. The van der Waals surface area contributed by atoms with Crippen LogP contribution in [0.25, 0.3) is 21.7 Å². The Morgan fingerprint density at radius 1 is 1.12 bits per heavy atom. The van der Waals surface area contributed by atoms with Gasteiger partial charge in [-0.2, -0.15) is 0 Å². The van der Waals surface area contributed by atoms with E-state index in [0.717, 1.165) is 27.6 Å². The quantitative estimate of drug-likeness (QED) is 0.454. The predicted octanol–water partition coefficient (Wildman–Crippen LogP) is 3.91. The molecule has 5 rings (SSSR count). The maximum Gasteiger partial charge on any atom is 0.223 e. The van der Waals surface area contributed by atoms with Crippen LogP contribution < -0.4 is 4.90 Å². The third kappa shape index (κ3) is 4.18. The van der Waals surface area contributed by atoms with E-state index in [2.05, 4.69) is 19.9 Å². The number of halogens is 2. The van der Waals surface area contributed by atoms with Crippen LogP contribution in [0.4, 0.5) is 13.9 Å². The molecule has 3 aromatic heterocycles. The topological polar surface area (TPSA) is 75.4 Å². The lowest BCUT2D eigenvalue weighted by molar-refractivity contribution is -0.131. The van der Waals surface area contributed by atoms with Crippen molar-refractivity contribution in [2.45, 2.75) is 12.8 Å². The first-order valence-electron chi connectivity index (χ1n) is 10.2. The van der Waals surface area contributed by atoms with E-state index in [1.807, 2.05) is 17.0 Å². The number of piperazine rings is 1. The molecule has 0 radical (unpaired) electrons. The van der Waals surface area contributed by atoms with E-state index in [0.29, 0.717) is 38.5 Å². The smallest absolute Gasteiger partial charge is 0.223 e. The number of nitrogens with zero attached hydrogens (tertiary/aromatic N) is 5. The Kier molecular flexibility index (Phi) is 5.52. The molecule has 0 bridgehead atoms. The molecule has 1 aromatic carbocycles. The second-order valence-electron chi connectivity index (χ2n) is 7.43. The van der Waals surface area contributed by atoms with Crippen molar-refractivity contribution in [2.24, 2.45) is 0 Å². The molecule has 1 aliphatic heterocycles. The van der Waals surface area contributed by atoms with E-state index in [9.17, 15) is 13.6 Å². The molecule has 0 unspecified atom stereocenters. The van der Waals surface area contributed by atoms with Gasteiger partial charge in [-0.15, -0.1) is 0 Å². The standard InChI is InChI=1S/C22H19F2N5O2S/c23-14-3-4-15(16(24)12-14)18-13-26-19(31-18)5-6-20(30)28-8-10-29(11-9-28)22-27-17-2-1-7-25-21(17)32-22/h1-4,7,12-13H,5-6,8-11H2. The van der Waals surface area contributed by atoms with Crippen LogP contribution in [0, 0.1) is 11.6 Å². The van der Waals surface area contributed by atoms with E-state index in [4.69, 9.17) is 4.42 Å². The van der Waals surface area contributed by atoms with Gasteiger partial charge in [0, 0.05) is 51.3 Å². The zero-order valence-corrected chi connectivity index (χ0v) is 17.8. The van der Waals surface area contributed by atoms with E-state index in [1.165, 1.54) is 12.3 Å². The summed E-state index contributed by atoms with van der Waals surface area (Å²) in [7, 11) is 0. The summed E-state index contributed by atoms with van der Waals surface area (Å²) in [6.07, 6.45) is 3.71. The van der Waals surface area contributed by atoms with Gasteiger partial charge in [0.25, 0.3) is 0 Å². The third-order valence-corrected chi connectivity index (χ3v) is 6.40. The molecule has 0 atom stereocenters. The number of aromatic nitrogens is 3. The highest BCUT2D eigenvalue weighted by atomic mass is 32.1. The summed E-state index contributed by atoms with van der Waals surface area (Å²) in [6.45, 7) is 2.64. The number of rotatable bonds is 5. The lowest BCUT2D eigenvalue weighted by Crippen LogP contribution is -2.48. The average molecular weight is 455 g/mol. The Hall–Kier alpha value is -3.40. The normalized spacial score (nSPS) is 14.3.